The van der Waals surface area contributed by atoms with Crippen molar-refractivity contribution in [2.75, 3.05) is 19.0 Å². The summed E-state index contributed by atoms with van der Waals surface area (Å²) in [6.45, 7) is 1.16. The molecule has 0 spiro atoms. The van der Waals surface area contributed by atoms with Gasteiger partial charge in [-0.3, -0.25) is 14.9 Å². The minimum atomic E-state index is -0.641. The van der Waals surface area contributed by atoms with Crippen LogP contribution in [0.2, 0.25) is 0 Å². The minimum Gasteiger partial charge on any atom is -0.497 e. The second-order valence-corrected chi connectivity index (χ2v) is 5.11. The van der Waals surface area contributed by atoms with Crippen molar-refractivity contribution >= 4 is 23.3 Å². The van der Waals surface area contributed by atoms with Crippen molar-refractivity contribution in [2.45, 2.75) is 6.92 Å². The van der Waals surface area contributed by atoms with Crippen LogP contribution >= 0.6 is 0 Å². The molecule has 8 nitrogen and oxygen atoms in total. The summed E-state index contributed by atoms with van der Waals surface area (Å²) in [4.78, 5) is 33.9. The quantitative estimate of drug-likeness (QED) is 0.490. The molecule has 1 amide bonds. The number of aryl methyl sites for hydroxylation is 1. The van der Waals surface area contributed by atoms with Gasteiger partial charge in [-0.15, -0.1) is 0 Å². The molecular formula is C17H16N2O6. The average molecular weight is 344 g/mol. The highest BCUT2D eigenvalue weighted by Crippen LogP contribution is 2.21. The molecule has 25 heavy (non-hydrogen) atoms. The van der Waals surface area contributed by atoms with Crippen LogP contribution in [0.3, 0.4) is 0 Å². The number of anilines is 1. The number of amides is 1. The number of ether oxygens (including phenoxy) is 2. The van der Waals surface area contributed by atoms with Gasteiger partial charge in [0.1, 0.15) is 5.75 Å². The lowest BCUT2D eigenvalue weighted by atomic mass is 10.2. The summed E-state index contributed by atoms with van der Waals surface area (Å²) in [5.41, 5.74) is 1.17. The molecule has 2 aromatic carbocycles. The van der Waals surface area contributed by atoms with Gasteiger partial charge in [0.05, 0.1) is 17.6 Å². The normalized spacial score (nSPS) is 10.0. The summed E-state index contributed by atoms with van der Waals surface area (Å²) in [7, 11) is 1.51. The molecule has 0 radical (unpaired) electrons. The number of benzene rings is 2. The smallest absolute Gasteiger partial charge is 0.338 e. The number of non-ortho nitro benzene ring substituents is 1. The Balaban J connectivity index is 1.91. The number of methoxy groups -OCH3 is 1. The molecule has 0 heterocycles. The zero-order chi connectivity index (χ0) is 18.4. The van der Waals surface area contributed by atoms with Gasteiger partial charge in [-0.25, -0.2) is 4.79 Å². The lowest BCUT2D eigenvalue weighted by Crippen LogP contribution is -2.21. The number of nitro groups is 1. The number of carbonyl (C=O) groups excluding carboxylic acids is 2. The number of hydrogen-bond donors (Lipinski definition) is 1. The maximum absolute atomic E-state index is 11.9. The Bertz CT molecular complexity index is 801. The molecule has 0 aliphatic heterocycles. The Morgan fingerprint density at radius 1 is 1.16 bits per heavy atom. The van der Waals surface area contributed by atoms with Crippen LogP contribution in [-0.4, -0.2) is 30.5 Å². The molecule has 8 heteroatoms. The first kappa shape index (κ1) is 17.9. The first-order valence-electron chi connectivity index (χ1n) is 7.27. The SMILES string of the molecule is COc1ccc(C(=O)OCC(=O)Nc2ccc([N+](=O)[O-])cc2C)cc1. The first-order valence-corrected chi connectivity index (χ1v) is 7.27. The monoisotopic (exact) mass is 344 g/mol. The number of carbonyl (C=O) groups is 2. The minimum absolute atomic E-state index is 0.0681. The molecule has 0 saturated carbocycles. The van der Waals surface area contributed by atoms with Crippen molar-refractivity contribution in [2.24, 2.45) is 0 Å². The Hall–Kier alpha value is -3.42. The van der Waals surface area contributed by atoms with E-state index >= 15 is 0 Å². The van der Waals surface area contributed by atoms with Crippen molar-refractivity contribution in [3.05, 3.63) is 63.7 Å². The molecule has 0 aromatic heterocycles. The summed E-state index contributed by atoms with van der Waals surface area (Å²) < 4.78 is 9.93. The molecule has 0 bridgehead atoms. The van der Waals surface area contributed by atoms with Crippen LogP contribution in [0.15, 0.2) is 42.5 Å². The molecule has 0 aliphatic rings. The van der Waals surface area contributed by atoms with Crippen LogP contribution in [-0.2, 0) is 9.53 Å². The number of esters is 1. The van der Waals surface area contributed by atoms with Gasteiger partial charge in [0, 0.05) is 17.8 Å². The van der Waals surface area contributed by atoms with Gasteiger partial charge in [-0.1, -0.05) is 0 Å². The van der Waals surface area contributed by atoms with E-state index in [1.165, 1.54) is 37.4 Å². The van der Waals surface area contributed by atoms with Gasteiger partial charge < -0.3 is 14.8 Å². The van der Waals surface area contributed by atoms with Crippen molar-refractivity contribution in [3.63, 3.8) is 0 Å². The van der Waals surface area contributed by atoms with E-state index in [4.69, 9.17) is 9.47 Å². The average Bonchev–Trinajstić information content (AvgIpc) is 2.61. The molecule has 0 saturated heterocycles. The Kier molecular flexibility index (Phi) is 5.67. The van der Waals surface area contributed by atoms with Crippen LogP contribution in [0.4, 0.5) is 11.4 Å². The van der Waals surface area contributed by atoms with Crippen molar-refractivity contribution in [1.29, 1.82) is 0 Å². The van der Waals surface area contributed by atoms with Crippen LogP contribution in [0.5, 0.6) is 5.75 Å². The number of nitro benzene ring substituents is 1. The van der Waals surface area contributed by atoms with E-state index in [1.54, 1.807) is 19.1 Å². The highest BCUT2D eigenvalue weighted by molar-refractivity contribution is 5.96. The van der Waals surface area contributed by atoms with Crippen LogP contribution in [0.25, 0.3) is 0 Å². The van der Waals surface area contributed by atoms with E-state index in [0.29, 0.717) is 22.6 Å². The Morgan fingerprint density at radius 3 is 2.40 bits per heavy atom. The second kappa shape index (κ2) is 7.91. The summed E-state index contributed by atoms with van der Waals surface area (Å²) in [6, 6.07) is 10.3. The maximum Gasteiger partial charge on any atom is 0.338 e. The fourth-order valence-electron chi connectivity index (χ4n) is 2.03. The molecule has 1 N–H and O–H groups in total. The van der Waals surface area contributed by atoms with Gasteiger partial charge in [0.15, 0.2) is 6.61 Å². The number of hydrogen-bond acceptors (Lipinski definition) is 6. The van der Waals surface area contributed by atoms with E-state index in [9.17, 15) is 19.7 Å². The van der Waals surface area contributed by atoms with Gasteiger partial charge in [-0.05, 0) is 42.8 Å². The van der Waals surface area contributed by atoms with Crippen LogP contribution in [0.1, 0.15) is 15.9 Å². The van der Waals surface area contributed by atoms with Crippen LogP contribution < -0.4 is 10.1 Å². The van der Waals surface area contributed by atoms with E-state index in [2.05, 4.69) is 5.32 Å². The largest absolute Gasteiger partial charge is 0.497 e. The van der Waals surface area contributed by atoms with E-state index in [-0.39, 0.29) is 5.69 Å². The summed E-state index contributed by atoms with van der Waals surface area (Å²) in [5, 5.41) is 13.2. The molecular weight excluding hydrogens is 328 g/mol. The van der Waals surface area contributed by atoms with Crippen molar-refractivity contribution in [1.82, 2.24) is 0 Å². The summed E-state index contributed by atoms with van der Waals surface area (Å²) >= 11 is 0. The third-order valence-corrected chi connectivity index (χ3v) is 3.35. The standard InChI is InChI=1S/C17H16N2O6/c1-11-9-13(19(22)23)5-8-15(11)18-16(20)10-25-17(21)12-3-6-14(24-2)7-4-12/h3-9H,10H2,1-2H3,(H,18,20). The fraction of sp³-hybridized carbons (Fsp3) is 0.176. The summed E-state index contributed by atoms with van der Waals surface area (Å²) in [5.74, 6) is -0.583. The van der Waals surface area contributed by atoms with E-state index < -0.39 is 23.4 Å². The second-order valence-electron chi connectivity index (χ2n) is 5.11. The molecule has 0 unspecified atom stereocenters. The highest BCUT2D eigenvalue weighted by Gasteiger charge is 2.13. The molecule has 0 fully saturated rings. The van der Waals surface area contributed by atoms with Gasteiger partial charge in [0.2, 0.25) is 0 Å². The van der Waals surface area contributed by atoms with E-state index in [0.717, 1.165) is 0 Å². The number of rotatable bonds is 6. The van der Waals surface area contributed by atoms with Crippen molar-refractivity contribution in [3.8, 4) is 5.75 Å². The Labute approximate surface area is 143 Å². The van der Waals surface area contributed by atoms with Crippen LogP contribution in [0, 0.1) is 17.0 Å². The van der Waals surface area contributed by atoms with E-state index in [1.807, 2.05) is 0 Å². The topological polar surface area (TPSA) is 108 Å². The van der Waals surface area contributed by atoms with Crippen molar-refractivity contribution < 1.29 is 24.0 Å². The first-order chi connectivity index (χ1) is 11.9. The molecule has 0 aliphatic carbocycles. The zero-order valence-corrected chi connectivity index (χ0v) is 13.6. The molecule has 130 valence electrons. The number of nitrogens with one attached hydrogen (secondary N) is 1. The molecule has 2 aromatic rings. The zero-order valence-electron chi connectivity index (χ0n) is 13.6. The predicted octanol–water partition coefficient (Wildman–Crippen LogP) is 2.71. The van der Waals surface area contributed by atoms with Gasteiger partial charge in [0.25, 0.3) is 11.6 Å². The number of nitrogens with zero attached hydrogens (tertiary/aromatic N) is 1. The predicted molar refractivity (Wildman–Crippen MR) is 89.7 cm³/mol. The third-order valence-electron chi connectivity index (χ3n) is 3.35. The highest BCUT2D eigenvalue weighted by atomic mass is 16.6. The lowest BCUT2D eigenvalue weighted by molar-refractivity contribution is -0.384. The Morgan fingerprint density at radius 2 is 1.84 bits per heavy atom. The fourth-order valence-corrected chi connectivity index (χ4v) is 2.03. The molecule has 0 atom stereocenters. The molecule has 2 rings (SSSR count). The van der Waals surface area contributed by atoms with Gasteiger partial charge >= 0.3 is 5.97 Å². The van der Waals surface area contributed by atoms with Gasteiger partial charge in [-0.2, -0.15) is 0 Å². The lowest BCUT2D eigenvalue weighted by Gasteiger charge is -2.09. The third kappa shape index (κ3) is 4.77. The summed E-state index contributed by atoms with van der Waals surface area (Å²) in [6.07, 6.45) is 0. The maximum atomic E-state index is 11.9.